The molecule has 0 unspecified atom stereocenters. The van der Waals surface area contributed by atoms with E-state index in [4.69, 9.17) is 0 Å². The van der Waals surface area contributed by atoms with Gasteiger partial charge in [0.2, 0.25) is 10.0 Å². The summed E-state index contributed by atoms with van der Waals surface area (Å²) < 4.78 is 28.6. The van der Waals surface area contributed by atoms with Gasteiger partial charge >= 0.3 is 0 Å². The van der Waals surface area contributed by atoms with E-state index in [0.717, 1.165) is 45.0 Å². The molecule has 3 aliphatic rings. The van der Waals surface area contributed by atoms with E-state index >= 15 is 0 Å². The summed E-state index contributed by atoms with van der Waals surface area (Å²) in [7, 11) is -3.73. The number of carbonyl (C=O) groups excluding carboxylic acids is 1. The third kappa shape index (κ3) is 7.74. The first-order chi connectivity index (χ1) is 25.8. The highest BCUT2D eigenvalue weighted by atomic mass is 32.2. The highest BCUT2D eigenvalue weighted by molar-refractivity contribution is 7.88. The van der Waals surface area contributed by atoms with Crippen LogP contribution in [0, 0.1) is 5.41 Å². The van der Waals surface area contributed by atoms with Crippen LogP contribution in [0.25, 0.3) is 21.9 Å². The number of aliphatic hydroxyl groups is 2. The molecule has 0 spiro atoms. The predicted octanol–water partition coefficient (Wildman–Crippen LogP) is 9.24. The molecule has 0 amide bonds. The molecule has 0 aromatic heterocycles. The summed E-state index contributed by atoms with van der Waals surface area (Å²) in [6, 6.07) is 37.7. The number of ketones is 1. The normalized spacial score (nSPS) is 23.6. The minimum Gasteiger partial charge on any atom is -0.393 e. The van der Waals surface area contributed by atoms with Gasteiger partial charge in [0.15, 0.2) is 5.78 Å². The van der Waals surface area contributed by atoms with Crippen LogP contribution in [-0.4, -0.2) is 53.2 Å². The predicted molar refractivity (Wildman–Crippen MR) is 218 cm³/mol. The lowest BCUT2D eigenvalue weighted by atomic mass is 9.64. The summed E-state index contributed by atoms with van der Waals surface area (Å²) in [4.78, 5) is 14.6. The van der Waals surface area contributed by atoms with Gasteiger partial charge in [-0.05, 0) is 102 Å². The second kappa shape index (κ2) is 15.4. The molecule has 280 valence electrons. The number of aliphatic hydroxyl groups excluding tert-OH is 1. The van der Waals surface area contributed by atoms with Crippen LogP contribution in [0.2, 0.25) is 0 Å². The number of benzene rings is 5. The van der Waals surface area contributed by atoms with Crippen LogP contribution in [0.4, 0.5) is 0 Å². The van der Waals surface area contributed by atoms with E-state index in [9.17, 15) is 23.4 Å². The Labute approximate surface area is 320 Å². The molecular weight excluding hydrogens is 691 g/mol. The molecule has 0 aliphatic heterocycles. The van der Waals surface area contributed by atoms with E-state index < -0.39 is 27.1 Å². The minimum absolute atomic E-state index is 0.0563. The quantitative estimate of drug-likeness (QED) is 0.122. The van der Waals surface area contributed by atoms with Crippen LogP contribution in [0.3, 0.4) is 0 Å². The number of allylic oxidation sites excluding steroid dienone is 2. The van der Waals surface area contributed by atoms with Gasteiger partial charge in [0, 0.05) is 29.6 Å². The largest absolute Gasteiger partial charge is 0.393 e. The molecule has 4 atom stereocenters. The molecule has 0 saturated heterocycles. The zero-order valence-corrected chi connectivity index (χ0v) is 32.4. The van der Waals surface area contributed by atoms with Gasteiger partial charge in [-0.3, -0.25) is 4.79 Å². The van der Waals surface area contributed by atoms with E-state index in [1.54, 1.807) is 0 Å². The van der Waals surface area contributed by atoms with Gasteiger partial charge in [-0.2, -0.15) is 4.31 Å². The average molecular weight is 742 g/mol. The molecule has 1 fully saturated rings. The van der Waals surface area contributed by atoms with Crippen molar-refractivity contribution in [3.63, 3.8) is 0 Å². The van der Waals surface area contributed by atoms with Crippen LogP contribution in [-0.2, 0) is 23.0 Å². The lowest BCUT2D eigenvalue weighted by Crippen LogP contribution is -2.53. The summed E-state index contributed by atoms with van der Waals surface area (Å²) in [5.41, 5.74) is 4.91. The molecule has 2 N–H and O–H groups in total. The number of hydrogen-bond acceptors (Lipinski definition) is 5. The first kappa shape index (κ1) is 37.9. The summed E-state index contributed by atoms with van der Waals surface area (Å²) in [6.45, 7) is 4.27. The maximum absolute atomic E-state index is 14.6. The number of hydrogen-bond donors (Lipinski definition) is 2. The van der Waals surface area contributed by atoms with Crippen LogP contribution in [0.5, 0.6) is 0 Å². The van der Waals surface area contributed by atoms with E-state index in [0.29, 0.717) is 49.7 Å². The molecule has 5 aromatic carbocycles. The number of nitrogens with zero attached hydrogens (tertiary/aromatic N) is 1. The zero-order valence-electron chi connectivity index (χ0n) is 31.5. The SMILES string of the molecule is CC1=CCC[C@@]2(C)[C@@H](CC[C@@]2(O)CN(Cc2cccc3ccccc23)S(C)(=O)=O)c2ccc(cc2C(=O)c2ccc(-c3ccccc3)cc2)C[C@@H](O)CC1. The molecule has 7 heteroatoms. The highest BCUT2D eigenvalue weighted by Gasteiger charge is 2.58. The van der Waals surface area contributed by atoms with Crippen molar-refractivity contribution in [2.45, 2.75) is 83.0 Å². The molecule has 54 heavy (non-hydrogen) atoms. The number of fused-ring (bicyclic) bond motifs is 9. The minimum atomic E-state index is -3.73. The monoisotopic (exact) mass is 741 g/mol. The van der Waals surface area contributed by atoms with Gasteiger partial charge < -0.3 is 10.2 Å². The van der Waals surface area contributed by atoms with Crippen molar-refractivity contribution < 1.29 is 23.4 Å². The van der Waals surface area contributed by atoms with E-state index in [1.807, 2.05) is 115 Å². The van der Waals surface area contributed by atoms with Gasteiger partial charge in [-0.25, -0.2) is 8.42 Å². The Morgan fingerprint density at radius 3 is 2.31 bits per heavy atom. The summed E-state index contributed by atoms with van der Waals surface area (Å²) >= 11 is 0. The van der Waals surface area contributed by atoms with Crippen molar-refractivity contribution in [3.8, 4) is 11.1 Å². The summed E-state index contributed by atoms with van der Waals surface area (Å²) in [5, 5.41) is 26.0. The number of sulfonamides is 1. The Hall–Kier alpha value is -4.40. The molecule has 5 aromatic rings. The molecule has 2 bridgehead atoms. The zero-order chi connectivity index (χ0) is 38.1. The maximum atomic E-state index is 14.6. The summed E-state index contributed by atoms with van der Waals surface area (Å²) in [5.74, 6) is -0.324. The number of carbonyl (C=O) groups is 1. The first-order valence-electron chi connectivity index (χ1n) is 19.2. The molecule has 0 radical (unpaired) electrons. The van der Waals surface area contributed by atoms with Crippen LogP contribution >= 0.6 is 0 Å². The topological polar surface area (TPSA) is 94.9 Å². The second-order valence-electron chi connectivity index (χ2n) is 15.9. The Balaban J connectivity index is 1.29. The molecule has 1 saturated carbocycles. The van der Waals surface area contributed by atoms with E-state index in [2.05, 4.69) is 19.9 Å². The average Bonchev–Trinajstić information content (AvgIpc) is 3.42. The fraction of sp³-hybridized carbons (Fsp3) is 0.340. The Kier molecular flexibility index (Phi) is 10.8. The fourth-order valence-electron chi connectivity index (χ4n) is 9.00. The highest BCUT2D eigenvalue weighted by Crippen LogP contribution is 2.59. The smallest absolute Gasteiger partial charge is 0.211 e. The molecule has 0 heterocycles. The Morgan fingerprint density at radius 2 is 1.56 bits per heavy atom. The molecule has 8 rings (SSSR count). The third-order valence-electron chi connectivity index (χ3n) is 12.3. The van der Waals surface area contributed by atoms with E-state index in [1.165, 1.54) is 16.1 Å². The van der Waals surface area contributed by atoms with Gasteiger partial charge in [0.05, 0.1) is 18.0 Å². The lowest BCUT2D eigenvalue weighted by Gasteiger charge is -2.45. The van der Waals surface area contributed by atoms with E-state index in [-0.39, 0.29) is 24.8 Å². The first-order valence-corrected chi connectivity index (χ1v) is 21.0. The number of rotatable bonds is 8. The van der Waals surface area contributed by atoms with Crippen molar-refractivity contribution in [1.29, 1.82) is 0 Å². The van der Waals surface area contributed by atoms with Crippen LogP contribution in [0.15, 0.2) is 127 Å². The van der Waals surface area contributed by atoms with Crippen molar-refractivity contribution >= 4 is 26.6 Å². The van der Waals surface area contributed by atoms with Crippen molar-refractivity contribution in [2.24, 2.45) is 5.41 Å². The maximum Gasteiger partial charge on any atom is 0.211 e. The Morgan fingerprint density at radius 1 is 0.852 bits per heavy atom. The van der Waals surface area contributed by atoms with Crippen molar-refractivity contribution in [2.75, 3.05) is 12.8 Å². The van der Waals surface area contributed by atoms with Crippen LogP contribution < -0.4 is 0 Å². The van der Waals surface area contributed by atoms with Gasteiger partial charge in [0.1, 0.15) is 0 Å². The third-order valence-corrected chi connectivity index (χ3v) is 13.5. The lowest BCUT2D eigenvalue weighted by molar-refractivity contribution is -0.0730. The van der Waals surface area contributed by atoms with Gasteiger partial charge in [-0.15, -0.1) is 0 Å². The fourth-order valence-corrected chi connectivity index (χ4v) is 9.82. The molecular formula is C47H51NO5S. The Bertz CT molecular complexity index is 2280. The van der Waals surface area contributed by atoms with Gasteiger partial charge in [-0.1, -0.05) is 128 Å². The second-order valence-corrected chi connectivity index (χ2v) is 17.9. The standard InChI is InChI=1S/C47H51NO5S/c1-33-11-10-27-46(2)44(26-28-47(46,51)32-48(54(3,52)53)31-39-16-9-15-37-14-7-8-17-41(37)39)42-25-19-34(29-40(49)24-18-33)30-43(42)45(50)38-22-20-36(21-23-38)35-12-5-4-6-13-35/h4-9,11-17,19-23,25,30,40,44,49,51H,10,18,24,26-29,31-32H2,1-3H3/t40-,44-,46-,47+/m0/s1. The van der Waals surface area contributed by atoms with Crippen molar-refractivity contribution in [3.05, 3.63) is 155 Å². The van der Waals surface area contributed by atoms with Crippen molar-refractivity contribution in [1.82, 2.24) is 4.31 Å². The summed E-state index contributed by atoms with van der Waals surface area (Å²) in [6.07, 6.45) is 6.93. The molecule has 6 nitrogen and oxygen atoms in total. The van der Waals surface area contributed by atoms with Gasteiger partial charge in [0.25, 0.3) is 0 Å². The van der Waals surface area contributed by atoms with Crippen LogP contribution in [0.1, 0.15) is 90.9 Å². The molecule has 3 aliphatic carbocycles.